The molecule has 2 aliphatic heterocycles. The smallest absolute Gasteiger partial charge is 0.292 e. The van der Waals surface area contributed by atoms with E-state index in [4.69, 9.17) is 0 Å². The maximum Gasteiger partial charge on any atom is 0.334 e. The fraction of sp³-hybridized carbons (Fsp3) is 0.375. The fourth-order valence-corrected chi connectivity index (χ4v) is 4.06. The number of nitrogens with zero attached hydrogens (tertiary/aromatic N) is 3. The lowest BCUT2D eigenvalue weighted by molar-refractivity contribution is -0.142. The summed E-state index contributed by atoms with van der Waals surface area (Å²) >= 11 is 0. The Balaban J connectivity index is 1.85. The van der Waals surface area contributed by atoms with Crippen molar-refractivity contribution in [2.45, 2.75) is 12.8 Å². The molecule has 0 aliphatic carbocycles. The van der Waals surface area contributed by atoms with Gasteiger partial charge in [-0.25, -0.2) is 18.1 Å². The van der Waals surface area contributed by atoms with Gasteiger partial charge in [-0.3, -0.25) is 23.6 Å². The molecule has 138 valence electrons. The number of benzene rings is 1. The van der Waals surface area contributed by atoms with Gasteiger partial charge in [0.05, 0.1) is 18.5 Å². The number of anilines is 1. The van der Waals surface area contributed by atoms with Crippen molar-refractivity contribution in [2.75, 3.05) is 30.7 Å². The number of aryl methyl sites for hydroxylation is 1. The number of likely N-dealkylation sites (N-methyl/N-ethyl adjacent to an activating group) is 1. The molecule has 10 heteroatoms. The Kier molecular flexibility index (Phi) is 4.31. The molecule has 0 aromatic heterocycles. The number of carbonyl (C=O) groups is 4. The summed E-state index contributed by atoms with van der Waals surface area (Å²) in [7, 11) is -2.24. The highest BCUT2D eigenvalue weighted by Crippen LogP contribution is 2.30. The van der Waals surface area contributed by atoms with E-state index in [2.05, 4.69) is 0 Å². The highest BCUT2D eigenvalue weighted by Gasteiger charge is 2.43. The summed E-state index contributed by atoms with van der Waals surface area (Å²) in [5.74, 6) is -2.52. The predicted molar refractivity (Wildman–Crippen MR) is 91.2 cm³/mol. The van der Waals surface area contributed by atoms with Gasteiger partial charge in [-0.05, 0) is 36.6 Å². The number of carbonyl (C=O) groups excluding carboxylic acids is 4. The maximum atomic E-state index is 12.5. The molecule has 0 spiro atoms. The van der Waals surface area contributed by atoms with Crippen LogP contribution in [0.4, 0.5) is 10.5 Å². The van der Waals surface area contributed by atoms with E-state index in [9.17, 15) is 27.6 Å². The van der Waals surface area contributed by atoms with Crippen LogP contribution >= 0.6 is 0 Å². The van der Waals surface area contributed by atoms with Crippen LogP contribution < -0.4 is 4.31 Å². The molecule has 1 fully saturated rings. The topological polar surface area (TPSA) is 112 Å². The number of fused-ring (bicyclic) bond motifs is 1. The van der Waals surface area contributed by atoms with Gasteiger partial charge in [0.15, 0.2) is 5.78 Å². The van der Waals surface area contributed by atoms with Gasteiger partial charge in [0, 0.05) is 19.2 Å². The Morgan fingerprint density at radius 2 is 1.85 bits per heavy atom. The van der Waals surface area contributed by atoms with Crippen LogP contribution in [0.3, 0.4) is 0 Å². The van der Waals surface area contributed by atoms with Crippen LogP contribution in [-0.2, 0) is 26.0 Å². The van der Waals surface area contributed by atoms with E-state index in [0.717, 1.165) is 6.26 Å². The van der Waals surface area contributed by atoms with Crippen molar-refractivity contribution >= 4 is 39.3 Å². The summed E-state index contributed by atoms with van der Waals surface area (Å²) in [5, 5.41) is 0. The zero-order chi connectivity index (χ0) is 19.2. The van der Waals surface area contributed by atoms with Gasteiger partial charge in [0.25, 0.3) is 0 Å². The number of rotatable bonds is 4. The maximum absolute atomic E-state index is 12.5. The third-order valence-electron chi connectivity index (χ3n) is 4.43. The molecule has 0 unspecified atom stereocenters. The van der Waals surface area contributed by atoms with Crippen molar-refractivity contribution in [1.82, 2.24) is 9.80 Å². The van der Waals surface area contributed by atoms with Gasteiger partial charge in [-0.2, -0.15) is 0 Å². The highest BCUT2D eigenvalue weighted by molar-refractivity contribution is 7.92. The highest BCUT2D eigenvalue weighted by atomic mass is 32.2. The van der Waals surface area contributed by atoms with Crippen LogP contribution in [0.2, 0.25) is 0 Å². The van der Waals surface area contributed by atoms with E-state index in [-0.39, 0.29) is 5.56 Å². The Morgan fingerprint density at radius 1 is 1.15 bits per heavy atom. The van der Waals surface area contributed by atoms with Gasteiger partial charge >= 0.3 is 17.8 Å². The summed E-state index contributed by atoms with van der Waals surface area (Å²) in [4.78, 5) is 48.9. The molecule has 9 nitrogen and oxygen atoms in total. The van der Waals surface area contributed by atoms with Crippen molar-refractivity contribution in [3.8, 4) is 0 Å². The number of hydrogen-bond donors (Lipinski definition) is 0. The van der Waals surface area contributed by atoms with Crippen molar-refractivity contribution in [1.29, 1.82) is 0 Å². The number of amides is 4. The SMILES string of the molecule is CN1C(=O)C(=O)N(CC(=O)c2ccc3c(c2)CCCN3S(C)(=O)=O)C1=O. The van der Waals surface area contributed by atoms with Crippen LogP contribution in [0.15, 0.2) is 18.2 Å². The van der Waals surface area contributed by atoms with E-state index in [1.165, 1.54) is 17.4 Å². The first-order valence-corrected chi connectivity index (χ1v) is 9.73. The number of imide groups is 2. The molecule has 2 aliphatic rings. The first kappa shape index (κ1) is 18.1. The minimum Gasteiger partial charge on any atom is -0.292 e. The molecule has 0 bridgehead atoms. The number of hydrogen-bond acceptors (Lipinski definition) is 6. The second-order valence-corrected chi connectivity index (χ2v) is 8.15. The Bertz CT molecular complexity index is 939. The van der Waals surface area contributed by atoms with Crippen molar-refractivity contribution < 1.29 is 27.6 Å². The average molecular weight is 379 g/mol. The molecule has 0 saturated carbocycles. The van der Waals surface area contributed by atoms with Crippen LogP contribution in [0.25, 0.3) is 0 Å². The largest absolute Gasteiger partial charge is 0.334 e. The van der Waals surface area contributed by atoms with Crippen molar-refractivity contribution in [3.05, 3.63) is 29.3 Å². The molecule has 0 radical (unpaired) electrons. The monoisotopic (exact) mass is 379 g/mol. The normalized spacial score (nSPS) is 17.8. The Hall–Kier alpha value is -2.75. The van der Waals surface area contributed by atoms with Crippen LogP contribution in [-0.4, -0.2) is 68.2 Å². The summed E-state index contributed by atoms with van der Waals surface area (Å²) in [6.45, 7) is -0.160. The lowest BCUT2D eigenvalue weighted by atomic mass is 9.99. The molecule has 1 saturated heterocycles. The van der Waals surface area contributed by atoms with E-state index in [1.54, 1.807) is 12.1 Å². The van der Waals surface area contributed by atoms with Gasteiger partial charge in [-0.15, -0.1) is 0 Å². The third-order valence-corrected chi connectivity index (χ3v) is 5.61. The molecule has 3 rings (SSSR count). The third kappa shape index (κ3) is 2.96. The number of sulfonamides is 1. The van der Waals surface area contributed by atoms with E-state index >= 15 is 0 Å². The molecular formula is C16H17N3O6S. The van der Waals surface area contributed by atoms with E-state index in [0.29, 0.717) is 40.4 Å². The van der Waals surface area contributed by atoms with Gasteiger partial charge < -0.3 is 0 Å². The minimum atomic E-state index is -3.41. The summed E-state index contributed by atoms with van der Waals surface area (Å²) in [6, 6.07) is 3.75. The predicted octanol–water partition coefficient (Wildman–Crippen LogP) is 0.00210. The van der Waals surface area contributed by atoms with Gasteiger partial charge in [-0.1, -0.05) is 0 Å². The zero-order valence-corrected chi connectivity index (χ0v) is 15.1. The van der Waals surface area contributed by atoms with Gasteiger partial charge in [0.2, 0.25) is 10.0 Å². The molecular weight excluding hydrogens is 362 g/mol. The van der Waals surface area contributed by atoms with E-state index < -0.39 is 40.2 Å². The number of urea groups is 1. The minimum absolute atomic E-state index is 0.252. The molecule has 1 aromatic carbocycles. The van der Waals surface area contributed by atoms with Crippen molar-refractivity contribution in [2.24, 2.45) is 0 Å². The molecule has 2 heterocycles. The average Bonchev–Trinajstić information content (AvgIpc) is 2.77. The second-order valence-electron chi connectivity index (χ2n) is 6.24. The van der Waals surface area contributed by atoms with Crippen LogP contribution in [0.1, 0.15) is 22.3 Å². The van der Waals surface area contributed by atoms with Crippen LogP contribution in [0.5, 0.6) is 0 Å². The lowest BCUT2D eigenvalue weighted by Crippen LogP contribution is -2.36. The van der Waals surface area contributed by atoms with Crippen molar-refractivity contribution in [3.63, 3.8) is 0 Å². The zero-order valence-electron chi connectivity index (χ0n) is 14.3. The molecule has 0 N–H and O–H groups in total. The van der Waals surface area contributed by atoms with Crippen LogP contribution in [0, 0.1) is 0 Å². The quantitative estimate of drug-likeness (QED) is 0.414. The number of ketones is 1. The molecule has 4 amide bonds. The Labute approximate surface area is 150 Å². The summed E-state index contributed by atoms with van der Waals surface area (Å²) in [5.41, 5.74) is 1.49. The number of Topliss-reactive ketones (excluding diaryl/α,β-unsaturated/α-hetero) is 1. The van der Waals surface area contributed by atoms with Gasteiger partial charge in [0.1, 0.15) is 0 Å². The fourth-order valence-electron chi connectivity index (χ4n) is 3.07. The summed E-state index contributed by atoms with van der Waals surface area (Å²) < 4.78 is 25.0. The first-order chi connectivity index (χ1) is 12.1. The first-order valence-electron chi connectivity index (χ1n) is 7.88. The molecule has 1 aromatic rings. The lowest BCUT2D eigenvalue weighted by Gasteiger charge is -2.29. The molecule has 26 heavy (non-hydrogen) atoms. The standard InChI is InChI=1S/C16H17N3O6S/c1-17-14(21)15(22)18(16(17)23)9-13(20)11-5-6-12-10(8-11)4-3-7-19(12)26(2,24)25/h5-6,8H,3-4,7,9H2,1-2H3. The molecule has 0 atom stereocenters. The van der Waals surface area contributed by atoms with E-state index in [1.807, 2.05) is 0 Å². The Morgan fingerprint density at radius 3 is 2.42 bits per heavy atom. The summed E-state index contributed by atoms with van der Waals surface area (Å²) in [6.07, 6.45) is 2.37. The second kappa shape index (κ2) is 6.20.